The fourth-order valence-electron chi connectivity index (χ4n) is 7.98. The van der Waals surface area contributed by atoms with E-state index in [9.17, 15) is 0 Å². The standard InChI is InChI=1S/C23H38NP.C16H14.Ti/c1-4-14-21(15-5-1)25(22-16-6-2-7-17-22,23-18-8-3-9-19-23)24-20-12-10-11-13-20;1-13(15-9-5-3-6-10-15)14(2)16-11-7-4-8-12-16;/h10-12,21-23H,1-9,13-19H2;3-12H,1-2H2;. The summed E-state index contributed by atoms with van der Waals surface area (Å²) < 4.78 is 5.89. The van der Waals surface area contributed by atoms with Crippen LogP contribution in [-0.4, -0.2) is 17.0 Å². The molecular weight excluding hydrogens is 561 g/mol. The van der Waals surface area contributed by atoms with Crippen LogP contribution in [0.4, 0.5) is 0 Å². The van der Waals surface area contributed by atoms with Crippen LogP contribution in [0.5, 0.6) is 0 Å². The summed E-state index contributed by atoms with van der Waals surface area (Å²) in [5.74, 6) is 0. The Hall–Kier alpha value is -1.66. The Bertz CT molecular complexity index is 1140. The topological polar surface area (TPSA) is 12.4 Å². The van der Waals surface area contributed by atoms with Gasteiger partial charge in [-0.2, -0.15) is 0 Å². The quantitative estimate of drug-likeness (QED) is 0.167. The average molecular weight is 614 g/mol. The van der Waals surface area contributed by atoms with Gasteiger partial charge in [0.25, 0.3) is 0 Å². The molecule has 6 rings (SSSR count). The van der Waals surface area contributed by atoms with Gasteiger partial charge in [-0.1, -0.05) is 144 Å². The minimum Gasteiger partial charge on any atom is -0.271 e. The molecule has 0 saturated heterocycles. The van der Waals surface area contributed by atoms with Gasteiger partial charge in [0, 0.05) is 33.8 Å². The van der Waals surface area contributed by atoms with Crippen molar-refractivity contribution in [3.63, 3.8) is 0 Å². The minimum absolute atomic E-state index is 0. The van der Waals surface area contributed by atoms with Gasteiger partial charge in [0.2, 0.25) is 0 Å². The Labute approximate surface area is 272 Å². The summed E-state index contributed by atoms with van der Waals surface area (Å²) in [6, 6.07) is 20.3. The van der Waals surface area contributed by atoms with Crippen molar-refractivity contribution in [2.75, 3.05) is 0 Å². The van der Waals surface area contributed by atoms with Crippen LogP contribution in [0, 0.1) is 0 Å². The van der Waals surface area contributed by atoms with Gasteiger partial charge in [0.05, 0.1) is 0 Å². The van der Waals surface area contributed by atoms with Crippen LogP contribution in [0.1, 0.15) is 114 Å². The molecule has 0 N–H and O–H groups in total. The zero-order valence-electron chi connectivity index (χ0n) is 25.9. The van der Waals surface area contributed by atoms with Crippen LogP contribution in [0.2, 0.25) is 0 Å². The molecule has 0 aromatic heterocycles. The van der Waals surface area contributed by atoms with E-state index in [1.165, 1.54) is 102 Å². The Morgan fingerprint density at radius 1 is 0.571 bits per heavy atom. The third-order valence-corrected chi connectivity index (χ3v) is 15.8. The maximum atomic E-state index is 5.89. The first-order valence-corrected chi connectivity index (χ1v) is 18.6. The van der Waals surface area contributed by atoms with E-state index in [2.05, 4.69) is 55.7 Å². The van der Waals surface area contributed by atoms with Crippen LogP contribution in [-0.2, 0) is 21.7 Å². The number of nitrogens with zero attached hydrogens (tertiary/aromatic N) is 1. The molecule has 0 atom stereocenters. The normalized spacial score (nSPS) is 20.0. The Morgan fingerprint density at radius 2 is 0.952 bits per heavy atom. The second-order valence-electron chi connectivity index (χ2n) is 12.7. The van der Waals surface area contributed by atoms with Crippen molar-refractivity contribution in [1.82, 2.24) is 0 Å². The monoisotopic (exact) mass is 613 g/mol. The summed E-state index contributed by atoms with van der Waals surface area (Å²) >= 11 is 0. The summed E-state index contributed by atoms with van der Waals surface area (Å²) in [5.41, 5.74) is 8.60. The van der Waals surface area contributed by atoms with Gasteiger partial charge >= 0.3 is 0 Å². The molecule has 0 heterocycles. The van der Waals surface area contributed by atoms with E-state index in [1.807, 2.05) is 36.4 Å². The van der Waals surface area contributed by atoms with Gasteiger partial charge < -0.3 is 0 Å². The molecule has 2 aromatic carbocycles. The number of allylic oxidation sites excluding steroid dienone is 5. The minimum atomic E-state index is -1.25. The number of hydrogen-bond donors (Lipinski definition) is 0. The summed E-state index contributed by atoms with van der Waals surface area (Å²) in [6.07, 6.45) is 30.4. The van der Waals surface area contributed by atoms with Crippen LogP contribution >= 0.6 is 7.05 Å². The molecule has 4 aliphatic carbocycles. The van der Waals surface area contributed by atoms with E-state index in [-0.39, 0.29) is 21.7 Å². The summed E-state index contributed by atoms with van der Waals surface area (Å²) in [7, 11) is -1.25. The zero-order chi connectivity index (χ0) is 28.3. The predicted octanol–water partition coefficient (Wildman–Crippen LogP) is 12.4. The number of rotatable bonds is 7. The predicted molar refractivity (Wildman–Crippen MR) is 183 cm³/mol. The SMILES string of the molecule is C1=CCC(N=P(C2CCCCC2)(C2CCCCC2)C2CCCCC2)=C1.C=C(C(=C)c1ccccc1)c1ccccc1.[Ti]. The number of benzene rings is 2. The van der Waals surface area contributed by atoms with Gasteiger partial charge in [-0.25, -0.2) is 0 Å². The van der Waals surface area contributed by atoms with Gasteiger partial charge in [0.1, 0.15) is 0 Å². The molecule has 0 bridgehead atoms. The maximum absolute atomic E-state index is 5.89. The van der Waals surface area contributed by atoms with Crippen molar-refractivity contribution in [3.8, 4) is 0 Å². The van der Waals surface area contributed by atoms with Crippen molar-refractivity contribution in [2.45, 2.75) is 120 Å². The van der Waals surface area contributed by atoms with Gasteiger partial charge in [-0.05, 0) is 90.9 Å². The van der Waals surface area contributed by atoms with Crippen LogP contribution in [0.3, 0.4) is 0 Å². The fraction of sp³-hybridized carbons (Fsp3) is 0.487. The molecule has 4 aliphatic rings. The smallest absolute Gasteiger partial charge is 0.0425 e. The van der Waals surface area contributed by atoms with Crippen molar-refractivity contribution >= 4 is 18.2 Å². The van der Waals surface area contributed by atoms with Crippen molar-refractivity contribution < 1.29 is 21.7 Å². The van der Waals surface area contributed by atoms with E-state index >= 15 is 0 Å². The number of hydrogen-bond acceptors (Lipinski definition) is 1. The zero-order valence-corrected chi connectivity index (χ0v) is 28.3. The van der Waals surface area contributed by atoms with Gasteiger partial charge in [0.15, 0.2) is 0 Å². The summed E-state index contributed by atoms with van der Waals surface area (Å²) in [5, 5.41) is 0. The van der Waals surface area contributed by atoms with Crippen molar-refractivity contribution in [3.05, 3.63) is 109 Å². The summed E-state index contributed by atoms with van der Waals surface area (Å²) in [4.78, 5) is 0. The molecule has 3 heteroatoms. The molecular formula is C39H52NPTi. The Kier molecular flexibility index (Phi) is 13.4. The summed E-state index contributed by atoms with van der Waals surface area (Å²) in [6.45, 7) is 8.20. The molecule has 42 heavy (non-hydrogen) atoms. The van der Waals surface area contributed by atoms with Gasteiger partial charge in [-0.15, -0.1) is 0 Å². The largest absolute Gasteiger partial charge is 0.271 e. The van der Waals surface area contributed by atoms with E-state index in [4.69, 9.17) is 4.74 Å². The fourth-order valence-corrected chi connectivity index (χ4v) is 14.4. The van der Waals surface area contributed by atoms with Crippen LogP contribution in [0.15, 0.2) is 102 Å². The van der Waals surface area contributed by atoms with Gasteiger partial charge in [-0.3, -0.25) is 4.74 Å². The average Bonchev–Trinajstić information content (AvgIpc) is 3.58. The van der Waals surface area contributed by atoms with E-state index in [1.54, 1.807) is 0 Å². The molecule has 222 valence electrons. The van der Waals surface area contributed by atoms with Crippen LogP contribution < -0.4 is 0 Å². The van der Waals surface area contributed by atoms with E-state index < -0.39 is 7.05 Å². The first-order chi connectivity index (χ1) is 20.2. The van der Waals surface area contributed by atoms with E-state index in [0.29, 0.717) is 0 Å². The Balaban J connectivity index is 0.000000207. The first-order valence-electron chi connectivity index (χ1n) is 16.6. The van der Waals surface area contributed by atoms with E-state index in [0.717, 1.165) is 45.7 Å². The van der Waals surface area contributed by atoms with Crippen LogP contribution in [0.25, 0.3) is 11.1 Å². The molecule has 0 radical (unpaired) electrons. The second kappa shape index (κ2) is 17.0. The molecule has 0 unspecified atom stereocenters. The molecule has 0 amide bonds. The molecule has 0 aliphatic heterocycles. The van der Waals surface area contributed by atoms with Crippen molar-refractivity contribution in [1.29, 1.82) is 0 Å². The first kappa shape index (κ1) is 33.2. The third-order valence-electron chi connectivity index (χ3n) is 10.1. The molecule has 0 spiro atoms. The molecule has 3 saturated carbocycles. The molecule has 2 aromatic rings. The third kappa shape index (κ3) is 8.28. The molecule has 3 fully saturated rings. The molecule has 1 nitrogen and oxygen atoms in total. The van der Waals surface area contributed by atoms with Crippen molar-refractivity contribution in [2.24, 2.45) is 4.74 Å². The maximum Gasteiger partial charge on any atom is 0.0425 e. The Morgan fingerprint density at radius 3 is 1.29 bits per heavy atom. The second-order valence-corrected chi connectivity index (χ2v) is 16.7.